The molecule has 4 rings (SSSR count). The predicted molar refractivity (Wildman–Crippen MR) is 159 cm³/mol. The highest BCUT2D eigenvalue weighted by atomic mass is 16.5. The van der Waals surface area contributed by atoms with Crippen molar-refractivity contribution in [2.45, 2.75) is 18.7 Å². The molecule has 1 unspecified atom stereocenters. The van der Waals surface area contributed by atoms with E-state index in [-0.39, 0.29) is 19.4 Å². The second-order valence-electron chi connectivity index (χ2n) is 9.46. The van der Waals surface area contributed by atoms with Crippen molar-refractivity contribution in [2.24, 2.45) is 0 Å². The molecule has 4 nitrogen and oxygen atoms in total. The van der Waals surface area contributed by atoms with E-state index >= 15 is 0 Å². The summed E-state index contributed by atoms with van der Waals surface area (Å²) in [5, 5.41) is 16.3. The van der Waals surface area contributed by atoms with Crippen LogP contribution in [0.15, 0.2) is 109 Å². The minimum Gasteiger partial charge on any atom is -0.457 e. The van der Waals surface area contributed by atoms with Gasteiger partial charge in [0.2, 0.25) is 13.4 Å². The Morgan fingerprint density at radius 1 is 0.649 bits per heavy atom. The van der Waals surface area contributed by atoms with Crippen LogP contribution in [0.4, 0.5) is 0 Å². The van der Waals surface area contributed by atoms with Crippen LogP contribution in [0.25, 0.3) is 0 Å². The van der Waals surface area contributed by atoms with Gasteiger partial charge < -0.3 is 20.5 Å². The highest BCUT2D eigenvalue weighted by molar-refractivity contribution is 6.85. The van der Waals surface area contributed by atoms with Crippen LogP contribution in [0.5, 0.6) is 11.5 Å². The first-order valence-electron chi connectivity index (χ1n) is 13.1. The average molecular weight is 490 g/mol. The molecule has 3 N–H and O–H groups in total. The second kappa shape index (κ2) is 13.8. The largest absolute Gasteiger partial charge is 0.457 e. The maximum atomic E-state index is 9.75. The standard InChI is InChI=1S/C31H36B2N2O2/c1-34-22-21-32(25-9-5-3-6-10-25)27-13-17-30(18-14-27)37-31-19-15-28(16-20-31)33(23-29(24-36)35-2)26-11-7-4-8-12-26/h3-20,29,34-36H,21-24H2,1-2H3. The Labute approximate surface area is 222 Å². The Kier molecular flexibility index (Phi) is 10.0. The van der Waals surface area contributed by atoms with Crippen molar-refractivity contribution in [1.82, 2.24) is 10.6 Å². The maximum absolute atomic E-state index is 9.75. The number of aliphatic hydroxyl groups is 1. The molecule has 0 aliphatic carbocycles. The van der Waals surface area contributed by atoms with Gasteiger partial charge in [0.05, 0.1) is 6.61 Å². The highest BCUT2D eigenvalue weighted by Crippen LogP contribution is 2.20. The predicted octanol–water partition coefficient (Wildman–Crippen LogP) is 2.50. The molecule has 4 aromatic carbocycles. The van der Waals surface area contributed by atoms with Gasteiger partial charge in [0.15, 0.2) is 0 Å². The lowest BCUT2D eigenvalue weighted by molar-refractivity contribution is 0.257. The molecule has 0 radical (unpaired) electrons. The Bertz CT molecular complexity index is 1190. The summed E-state index contributed by atoms with van der Waals surface area (Å²) >= 11 is 0. The van der Waals surface area contributed by atoms with Gasteiger partial charge in [0.25, 0.3) is 0 Å². The molecule has 0 saturated heterocycles. The van der Waals surface area contributed by atoms with Gasteiger partial charge in [-0.2, -0.15) is 0 Å². The molecule has 0 bridgehead atoms. The number of rotatable bonds is 13. The molecule has 0 aromatic heterocycles. The zero-order valence-electron chi connectivity index (χ0n) is 21.8. The van der Waals surface area contributed by atoms with Crippen LogP contribution in [0.3, 0.4) is 0 Å². The lowest BCUT2D eigenvalue weighted by Crippen LogP contribution is -2.47. The van der Waals surface area contributed by atoms with Crippen LogP contribution in [-0.2, 0) is 0 Å². The van der Waals surface area contributed by atoms with E-state index in [0.717, 1.165) is 30.7 Å². The van der Waals surface area contributed by atoms with Crippen LogP contribution in [-0.4, -0.2) is 51.8 Å². The fourth-order valence-electron chi connectivity index (χ4n) is 4.89. The molecule has 37 heavy (non-hydrogen) atoms. The zero-order chi connectivity index (χ0) is 25.9. The molecule has 0 saturated carbocycles. The van der Waals surface area contributed by atoms with Gasteiger partial charge in [-0.3, -0.25) is 0 Å². The van der Waals surface area contributed by atoms with E-state index in [1.54, 1.807) is 0 Å². The maximum Gasteiger partial charge on any atom is 0.210 e. The van der Waals surface area contributed by atoms with Crippen molar-refractivity contribution in [3.63, 3.8) is 0 Å². The van der Waals surface area contributed by atoms with Gasteiger partial charge in [0, 0.05) is 6.04 Å². The van der Waals surface area contributed by atoms with E-state index < -0.39 is 0 Å². The van der Waals surface area contributed by atoms with Crippen molar-refractivity contribution < 1.29 is 9.84 Å². The van der Waals surface area contributed by atoms with Crippen molar-refractivity contribution in [1.29, 1.82) is 0 Å². The van der Waals surface area contributed by atoms with Gasteiger partial charge in [-0.1, -0.05) is 113 Å². The Hall–Kier alpha value is -3.31. The Morgan fingerprint density at radius 2 is 1.11 bits per heavy atom. The van der Waals surface area contributed by atoms with Crippen LogP contribution >= 0.6 is 0 Å². The molecule has 4 aromatic rings. The van der Waals surface area contributed by atoms with Gasteiger partial charge in [-0.05, 0) is 51.2 Å². The van der Waals surface area contributed by atoms with E-state index in [9.17, 15) is 5.11 Å². The molecule has 0 heterocycles. The molecule has 0 fully saturated rings. The van der Waals surface area contributed by atoms with E-state index in [1.807, 2.05) is 32.3 Å². The van der Waals surface area contributed by atoms with Gasteiger partial charge in [-0.25, -0.2) is 0 Å². The smallest absolute Gasteiger partial charge is 0.210 e. The number of ether oxygens (including phenoxy) is 1. The summed E-state index contributed by atoms with van der Waals surface area (Å²) in [7, 11) is 3.89. The van der Waals surface area contributed by atoms with Crippen molar-refractivity contribution in [2.75, 3.05) is 27.2 Å². The summed E-state index contributed by atoms with van der Waals surface area (Å²) in [4.78, 5) is 0. The molecular weight excluding hydrogens is 454 g/mol. The summed E-state index contributed by atoms with van der Waals surface area (Å²) in [6.07, 6.45) is 1.85. The lowest BCUT2D eigenvalue weighted by Gasteiger charge is -2.21. The number of benzene rings is 4. The summed E-state index contributed by atoms with van der Waals surface area (Å²) in [5.74, 6) is 1.64. The highest BCUT2D eigenvalue weighted by Gasteiger charge is 2.23. The van der Waals surface area contributed by atoms with E-state index in [2.05, 4.69) is 102 Å². The monoisotopic (exact) mass is 490 g/mol. The van der Waals surface area contributed by atoms with Crippen LogP contribution in [0.1, 0.15) is 0 Å². The average Bonchev–Trinajstić information content (AvgIpc) is 2.96. The SMILES string of the molecule is CNCCB(c1ccccc1)c1ccc(Oc2ccc(B(CC(CO)NC)c3ccccc3)cc2)cc1. The fourth-order valence-corrected chi connectivity index (χ4v) is 4.89. The van der Waals surface area contributed by atoms with Gasteiger partial charge in [-0.15, -0.1) is 0 Å². The Balaban J connectivity index is 1.48. The van der Waals surface area contributed by atoms with Crippen LogP contribution in [0, 0.1) is 0 Å². The zero-order valence-corrected chi connectivity index (χ0v) is 21.8. The van der Waals surface area contributed by atoms with E-state index in [4.69, 9.17) is 4.74 Å². The third-order valence-corrected chi connectivity index (χ3v) is 7.04. The first kappa shape index (κ1) is 26.7. The molecule has 1 atom stereocenters. The minimum atomic E-state index is 0.0347. The summed E-state index contributed by atoms with van der Waals surface area (Å²) in [6, 6.07) is 38.0. The topological polar surface area (TPSA) is 53.5 Å². The normalized spacial score (nSPS) is 11.6. The van der Waals surface area contributed by atoms with Crippen LogP contribution in [0.2, 0.25) is 12.6 Å². The number of likely N-dealkylation sites (N-methyl/N-ethyl adjacent to an activating group) is 1. The summed E-state index contributed by atoms with van der Waals surface area (Å²) in [6.45, 7) is 1.60. The number of aliphatic hydroxyl groups excluding tert-OH is 1. The van der Waals surface area contributed by atoms with Crippen molar-refractivity contribution in [3.05, 3.63) is 109 Å². The summed E-state index contributed by atoms with van der Waals surface area (Å²) in [5.41, 5.74) is 5.07. The van der Waals surface area contributed by atoms with E-state index in [1.165, 1.54) is 21.9 Å². The quantitative estimate of drug-likeness (QED) is 0.252. The lowest BCUT2D eigenvalue weighted by atomic mass is 9.38. The summed E-state index contributed by atoms with van der Waals surface area (Å²) < 4.78 is 6.20. The number of hydrogen-bond donors (Lipinski definition) is 3. The number of hydrogen-bond acceptors (Lipinski definition) is 4. The van der Waals surface area contributed by atoms with Gasteiger partial charge in [0.1, 0.15) is 11.5 Å². The molecular formula is C31H36B2N2O2. The first-order valence-corrected chi connectivity index (χ1v) is 13.1. The molecule has 6 heteroatoms. The fraction of sp³-hybridized carbons (Fsp3) is 0.226. The molecule has 0 aliphatic rings. The third kappa shape index (κ3) is 7.36. The second-order valence-corrected chi connectivity index (χ2v) is 9.46. The third-order valence-electron chi connectivity index (χ3n) is 7.04. The molecule has 0 spiro atoms. The van der Waals surface area contributed by atoms with Crippen molar-refractivity contribution >= 4 is 35.3 Å². The minimum absolute atomic E-state index is 0.0347. The molecule has 188 valence electrons. The molecule has 0 amide bonds. The van der Waals surface area contributed by atoms with Gasteiger partial charge >= 0.3 is 0 Å². The first-order chi connectivity index (χ1) is 18.2. The number of nitrogens with one attached hydrogen (secondary N) is 2. The van der Waals surface area contributed by atoms with Crippen LogP contribution < -0.4 is 37.2 Å². The molecule has 0 aliphatic heterocycles. The van der Waals surface area contributed by atoms with Crippen molar-refractivity contribution in [3.8, 4) is 11.5 Å². The van der Waals surface area contributed by atoms with E-state index in [0.29, 0.717) is 6.71 Å². The Morgan fingerprint density at radius 3 is 1.57 bits per heavy atom.